The van der Waals surface area contributed by atoms with E-state index in [9.17, 15) is 4.79 Å². The summed E-state index contributed by atoms with van der Waals surface area (Å²) in [5.41, 5.74) is 4.82. The maximum atomic E-state index is 12.5. The molecule has 0 fully saturated rings. The molecule has 1 aromatic heterocycles. The Labute approximate surface area is 134 Å². The number of hydrogen-bond acceptors (Lipinski definition) is 2. The normalized spacial score (nSPS) is 16.1. The Hall–Kier alpha value is -2.88. The van der Waals surface area contributed by atoms with E-state index in [2.05, 4.69) is 27.6 Å². The average molecular weight is 303 g/mol. The first kappa shape index (κ1) is 13.8. The fourth-order valence-electron chi connectivity index (χ4n) is 3.14. The molecule has 1 heterocycles. The van der Waals surface area contributed by atoms with Gasteiger partial charge < -0.3 is 5.32 Å². The summed E-state index contributed by atoms with van der Waals surface area (Å²) in [5.74, 6) is -0.110. The van der Waals surface area contributed by atoms with E-state index in [1.807, 2.05) is 42.5 Å². The lowest BCUT2D eigenvalue weighted by atomic mass is 10.1. The molecule has 4 heteroatoms. The van der Waals surface area contributed by atoms with Gasteiger partial charge >= 0.3 is 0 Å². The number of aromatic amines is 1. The predicted octanol–water partition coefficient (Wildman–Crippen LogP) is 3.49. The van der Waals surface area contributed by atoms with Gasteiger partial charge in [-0.3, -0.25) is 9.89 Å². The molecule has 1 atom stereocenters. The lowest BCUT2D eigenvalue weighted by Gasteiger charge is -2.13. The molecule has 4 rings (SSSR count). The number of benzene rings is 2. The van der Waals surface area contributed by atoms with Crippen LogP contribution < -0.4 is 5.32 Å². The van der Waals surface area contributed by atoms with Crippen LogP contribution in [0.1, 0.15) is 34.1 Å². The van der Waals surface area contributed by atoms with Gasteiger partial charge in [-0.25, -0.2) is 0 Å². The number of carbonyl (C=O) groups is 1. The van der Waals surface area contributed by atoms with Gasteiger partial charge in [0.25, 0.3) is 5.91 Å². The number of nitrogens with one attached hydrogen (secondary N) is 2. The van der Waals surface area contributed by atoms with Crippen molar-refractivity contribution in [2.45, 2.75) is 18.9 Å². The minimum absolute atomic E-state index is 0.0853. The molecule has 0 unspecified atom stereocenters. The number of aryl methyl sites for hydroxylation is 1. The summed E-state index contributed by atoms with van der Waals surface area (Å²) in [6, 6.07) is 20.0. The molecule has 114 valence electrons. The number of H-pyrrole nitrogens is 1. The Kier molecular flexibility index (Phi) is 3.42. The maximum Gasteiger partial charge on any atom is 0.269 e. The second-order valence-corrected chi connectivity index (χ2v) is 5.80. The highest BCUT2D eigenvalue weighted by atomic mass is 16.2. The van der Waals surface area contributed by atoms with Crippen LogP contribution in [0, 0.1) is 0 Å². The van der Waals surface area contributed by atoms with E-state index in [-0.39, 0.29) is 11.9 Å². The van der Waals surface area contributed by atoms with Crippen molar-refractivity contribution in [2.75, 3.05) is 0 Å². The second kappa shape index (κ2) is 5.72. The van der Waals surface area contributed by atoms with Gasteiger partial charge in [0, 0.05) is 5.56 Å². The average Bonchev–Trinajstić information content (AvgIpc) is 3.24. The van der Waals surface area contributed by atoms with Crippen molar-refractivity contribution in [3.05, 3.63) is 77.5 Å². The lowest BCUT2D eigenvalue weighted by molar-refractivity contribution is 0.0931. The van der Waals surface area contributed by atoms with Crippen molar-refractivity contribution in [1.29, 1.82) is 0 Å². The fraction of sp³-hybridized carbons (Fsp3) is 0.158. The Morgan fingerprint density at radius 1 is 1.09 bits per heavy atom. The highest BCUT2D eigenvalue weighted by Crippen LogP contribution is 2.30. The van der Waals surface area contributed by atoms with Gasteiger partial charge in [0.1, 0.15) is 5.69 Å². The molecule has 23 heavy (non-hydrogen) atoms. The van der Waals surface area contributed by atoms with E-state index in [0.717, 1.165) is 24.1 Å². The summed E-state index contributed by atoms with van der Waals surface area (Å²) >= 11 is 0. The zero-order valence-electron chi connectivity index (χ0n) is 12.6. The lowest BCUT2D eigenvalue weighted by Crippen LogP contribution is -2.27. The molecule has 2 N–H and O–H groups in total. The van der Waals surface area contributed by atoms with Crippen LogP contribution in [-0.2, 0) is 6.42 Å². The third-order valence-electron chi connectivity index (χ3n) is 4.33. The van der Waals surface area contributed by atoms with Crippen molar-refractivity contribution >= 4 is 5.91 Å². The topological polar surface area (TPSA) is 57.8 Å². The quantitative estimate of drug-likeness (QED) is 0.778. The van der Waals surface area contributed by atoms with E-state index < -0.39 is 0 Å². The van der Waals surface area contributed by atoms with Crippen LogP contribution in [0.2, 0.25) is 0 Å². The molecule has 1 amide bonds. The first-order chi connectivity index (χ1) is 11.3. The van der Waals surface area contributed by atoms with E-state index in [4.69, 9.17) is 0 Å². The number of nitrogens with zero attached hydrogens (tertiary/aromatic N) is 1. The SMILES string of the molecule is O=C(N[C@@H]1CCc2ccccc21)c1cc(-c2ccccc2)n[nH]1. The number of fused-ring (bicyclic) bond motifs is 1. The molecular weight excluding hydrogens is 286 g/mol. The van der Waals surface area contributed by atoms with Crippen LogP contribution in [0.3, 0.4) is 0 Å². The van der Waals surface area contributed by atoms with Gasteiger partial charge in [-0.05, 0) is 30.0 Å². The van der Waals surface area contributed by atoms with Crippen LogP contribution >= 0.6 is 0 Å². The van der Waals surface area contributed by atoms with Crippen LogP contribution in [0.5, 0.6) is 0 Å². The summed E-state index contributed by atoms with van der Waals surface area (Å²) in [4.78, 5) is 12.5. The largest absolute Gasteiger partial charge is 0.344 e. The van der Waals surface area contributed by atoms with Gasteiger partial charge in [0.05, 0.1) is 11.7 Å². The van der Waals surface area contributed by atoms with E-state index in [0.29, 0.717) is 5.69 Å². The van der Waals surface area contributed by atoms with Gasteiger partial charge in [-0.1, -0.05) is 54.6 Å². The van der Waals surface area contributed by atoms with Crippen molar-refractivity contribution < 1.29 is 4.79 Å². The third kappa shape index (κ3) is 2.63. The second-order valence-electron chi connectivity index (χ2n) is 5.80. The summed E-state index contributed by atoms with van der Waals surface area (Å²) in [5, 5.41) is 10.2. The Morgan fingerprint density at radius 3 is 2.74 bits per heavy atom. The Bertz CT molecular complexity index is 839. The molecule has 2 aromatic carbocycles. The van der Waals surface area contributed by atoms with Crippen molar-refractivity contribution in [3.63, 3.8) is 0 Å². The molecule has 0 saturated heterocycles. The van der Waals surface area contributed by atoms with Crippen LogP contribution in [0.25, 0.3) is 11.3 Å². The van der Waals surface area contributed by atoms with Crippen molar-refractivity contribution in [3.8, 4) is 11.3 Å². The molecule has 1 aliphatic rings. The maximum absolute atomic E-state index is 12.5. The molecule has 0 radical (unpaired) electrons. The summed E-state index contributed by atoms with van der Waals surface area (Å²) in [7, 11) is 0. The minimum atomic E-state index is -0.110. The first-order valence-corrected chi connectivity index (χ1v) is 7.81. The van der Waals surface area contributed by atoms with Crippen LogP contribution in [0.4, 0.5) is 0 Å². The van der Waals surface area contributed by atoms with Gasteiger partial charge in [0.15, 0.2) is 0 Å². The van der Waals surface area contributed by atoms with Gasteiger partial charge in [-0.2, -0.15) is 5.10 Å². The standard InChI is InChI=1S/C19H17N3O/c23-19(20-16-11-10-13-6-4-5-9-15(13)16)18-12-17(21-22-18)14-7-2-1-3-8-14/h1-9,12,16H,10-11H2,(H,20,23)(H,21,22)/t16-/m1/s1. The van der Waals surface area contributed by atoms with Crippen molar-refractivity contribution in [1.82, 2.24) is 15.5 Å². The molecule has 0 saturated carbocycles. The van der Waals surface area contributed by atoms with Crippen molar-refractivity contribution in [2.24, 2.45) is 0 Å². The summed E-state index contributed by atoms with van der Waals surface area (Å²) in [6.07, 6.45) is 1.96. The molecule has 0 bridgehead atoms. The molecule has 3 aromatic rings. The van der Waals surface area contributed by atoms with Crippen LogP contribution in [-0.4, -0.2) is 16.1 Å². The summed E-state index contributed by atoms with van der Waals surface area (Å²) < 4.78 is 0. The summed E-state index contributed by atoms with van der Waals surface area (Å²) in [6.45, 7) is 0. The van der Waals surface area contributed by atoms with E-state index in [1.165, 1.54) is 11.1 Å². The third-order valence-corrected chi connectivity index (χ3v) is 4.33. The van der Waals surface area contributed by atoms with Gasteiger partial charge in [0.2, 0.25) is 0 Å². The number of hydrogen-bond donors (Lipinski definition) is 2. The highest BCUT2D eigenvalue weighted by molar-refractivity contribution is 5.93. The smallest absolute Gasteiger partial charge is 0.269 e. The first-order valence-electron chi connectivity index (χ1n) is 7.81. The number of rotatable bonds is 3. The Morgan fingerprint density at radius 2 is 1.87 bits per heavy atom. The Balaban J connectivity index is 1.52. The van der Waals surface area contributed by atoms with E-state index in [1.54, 1.807) is 6.07 Å². The zero-order valence-corrected chi connectivity index (χ0v) is 12.6. The van der Waals surface area contributed by atoms with Crippen LogP contribution in [0.15, 0.2) is 60.7 Å². The molecular formula is C19H17N3O. The highest BCUT2D eigenvalue weighted by Gasteiger charge is 2.24. The monoisotopic (exact) mass is 303 g/mol. The number of amides is 1. The minimum Gasteiger partial charge on any atom is -0.344 e. The molecule has 4 nitrogen and oxygen atoms in total. The van der Waals surface area contributed by atoms with E-state index >= 15 is 0 Å². The number of carbonyl (C=O) groups excluding carboxylic acids is 1. The molecule has 1 aliphatic carbocycles. The predicted molar refractivity (Wildman–Crippen MR) is 89.0 cm³/mol. The number of aromatic nitrogens is 2. The zero-order chi connectivity index (χ0) is 15.6. The molecule has 0 spiro atoms. The molecule has 0 aliphatic heterocycles. The van der Waals surface area contributed by atoms with Gasteiger partial charge in [-0.15, -0.1) is 0 Å². The fourth-order valence-corrected chi connectivity index (χ4v) is 3.14.